The Bertz CT molecular complexity index is 1480. The summed E-state index contributed by atoms with van der Waals surface area (Å²) in [4.78, 5) is 25.4. The van der Waals surface area contributed by atoms with Crippen LogP contribution in [0.15, 0.2) is 65.8 Å². The minimum atomic E-state index is -0.577. The summed E-state index contributed by atoms with van der Waals surface area (Å²) in [6.07, 6.45) is 1.45. The first kappa shape index (κ1) is 22.7. The van der Waals surface area contributed by atoms with Crippen LogP contribution in [-0.2, 0) is 0 Å². The zero-order valence-electron chi connectivity index (χ0n) is 18.2. The van der Waals surface area contributed by atoms with Gasteiger partial charge in [-0.1, -0.05) is 29.8 Å². The number of hydrazone groups is 1. The maximum atomic E-state index is 12.8. The number of nitrogens with zero attached hydrogens (tertiary/aromatic N) is 1. The molecule has 4 aromatic rings. The van der Waals surface area contributed by atoms with Gasteiger partial charge in [0.25, 0.3) is 5.91 Å². The Labute approximate surface area is 208 Å². The Morgan fingerprint density at radius 1 is 1.06 bits per heavy atom. The van der Waals surface area contributed by atoms with Gasteiger partial charge in [0.15, 0.2) is 23.0 Å². The fourth-order valence-corrected chi connectivity index (χ4v) is 4.79. The van der Waals surface area contributed by atoms with E-state index in [0.717, 1.165) is 10.1 Å². The summed E-state index contributed by atoms with van der Waals surface area (Å²) in [5.74, 6) is 0.666. The molecule has 2 heterocycles. The van der Waals surface area contributed by atoms with Gasteiger partial charge in [0.05, 0.1) is 18.3 Å². The van der Waals surface area contributed by atoms with E-state index in [1.165, 1.54) is 24.7 Å². The Balaban J connectivity index is 1.27. The number of hydrogen-bond acceptors (Lipinski definition) is 8. The fourth-order valence-electron chi connectivity index (χ4n) is 3.41. The summed E-state index contributed by atoms with van der Waals surface area (Å²) in [7, 11) is 1.46. The maximum absolute atomic E-state index is 12.8. The lowest BCUT2D eigenvalue weighted by Gasteiger charge is -2.09. The number of benzene rings is 3. The fraction of sp³-hybridized carbons (Fsp3) is 0.0800. The van der Waals surface area contributed by atoms with Crippen LogP contribution in [0.5, 0.6) is 23.0 Å². The number of carbonyl (C=O) groups excluding carboxylic acids is 2. The number of rotatable bonds is 6. The summed E-state index contributed by atoms with van der Waals surface area (Å²) in [5, 5.41) is 5.14. The van der Waals surface area contributed by atoms with Gasteiger partial charge >= 0.3 is 5.97 Å². The van der Waals surface area contributed by atoms with Crippen LogP contribution in [0.2, 0.25) is 5.02 Å². The van der Waals surface area contributed by atoms with Crippen molar-refractivity contribution in [3.8, 4) is 23.0 Å². The van der Waals surface area contributed by atoms with Gasteiger partial charge in [-0.15, -0.1) is 11.3 Å². The van der Waals surface area contributed by atoms with Crippen LogP contribution in [0.3, 0.4) is 0 Å². The molecule has 1 amide bonds. The first-order valence-electron chi connectivity index (χ1n) is 10.3. The SMILES string of the molecule is COc1cc(/C=N\NC(=O)c2ccc3c(c2)OCO3)ccc1OC(=O)c1sc2ccccc2c1Cl. The van der Waals surface area contributed by atoms with Gasteiger partial charge in [-0.2, -0.15) is 5.10 Å². The number of ether oxygens (including phenoxy) is 4. The largest absolute Gasteiger partial charge is 0.493 e. The number of thiophene rings is 1. The monoisotopic (exact) mass is 508 g/mol. The third-order valence-electron chi connectivity index (χ3n) is 5.13. The third-order valence-corrected chi connectivity index (χ3v) is 6.78. The second-order valence-corrected chi connectivity index (χ2v) is 8.74. The van der Waals surface area contributed by atoms with E-state index in [9.17, 15) is 9.59 Å². The Kier molecular flexibility index (Phi) is 6.26. The molecule has 1 aromatic heterocycles. The highest BCUT2D eigenvalue weighted by molar-refractivity contribution is 7.21. The molecule has 0 unspecified atom stereocenters. The number of amides is 1. The topological polar surface area (TPSA) is 95.5 Å². The molecule has 0 fully saturated rings. The van der Waals surface area contributed by atoms with Crippen LogP contribution in [0.25, 0.3) is 10.1 Å². The van der Waals surface area contributed by atoms with Crippen LogP contribution >= 0.6 is 22.9 Å². The van der Waals surface area contributed by atoms with Crippen molar-refractivity contribution >= 4 is 51.1 Å². The van der Waals surface area contributed by atoms with E-state index in [-0.39, 0.29) is 12.5 Å². The lowest BCUT2D eigenvalue weighted by molar-refractivity contribution is 0.0734. The number of methoxy groups -OCH3 is 1. The average Bonchev–Trinajstić information content (AvgIpc) is 3.48. The zero-order valence-corrected chi connectivity index (χ0v) is 19.8. The molecule has 0 saturated heterocycles. The zero-order chi connectivity index (χ0) is 24.4. The minimum Gasteiger partial charge on any atom is -0.493 e. The Morgan fingerprint density at radius 3 is 2.71 bits per heavy atom. The van der Waals surface area contributed by atoms with Gasteiger partial charge in [0, 0.05) is 15.6 Å². The predicted octanol–water partition coefficient (Wildman–Crippen LogP) is 5.28. The molecule has 0 saturated carbocycles. The summed E-state index contributed by atoms with van der Waals surface area (Å²) < 4.78 is 22.3. The minimum absolute atomic E-state index is 0.128. The van der Waals surface area contributed by atoms with E-state index >= 15 is 0 Å². The smallest absolute Gasteiger partial charge is 0.355 e. The van der Waals surface area contributed by atoms with Crippen LogP contribution in [0.1, 0.15) is 25.6 Å². The summed E-state index contributed by atoms with van der Waals surface area (Å²) in [5.41, 5.74) is 3.46. The standard InChI is InChI=1S/C25H17ClN2O6S/c1-31-19-10-14(12-27-28-24(29)15-7-9-17-20(11-15)33-13-32-17)6-8-18(19)34-25(30)23-22(26)16-4-2-3-5-21(16)35-23/h2-12H,13H2,1H3,(H,28,29)/b27-12-. The summed E-state index contributed by atoms with van der Waals surface area (Å²) >= 11 is 7.65. The highest BCUT2D eigenvalue weighted by Gasteiger charge is 2.20. The molecule has 35 heavy (non-hydrogen) atoms. The molecule has 8 nitrogen and oxygen atoms in total. The molecule has 0 radical (unpaired) electrons. The highest BCUT2D eigenvalue weighted by atomic mass is 35.5. The van der Waals surface area contributed by atoms with E-state index in [2.05, 4.69) is 10.5 Å². The molecular formula is C25H17ClN2O6S. The molecule has 5 rings (SSSR count). The molecule has 0 bridgehead atoms. The molecule has 176 valence electrons. The van der Waals surface area contributed by atoms with Crippen molar-refractivity contribution in [2.45, 2.75) is 0 Å². The van der Waals surface area contributed by atoms with Gasteiger partial charge in [-0.25, -0.2) is 10.2 Å². The van der Waals surface area contributed by atoms with E-state index in [1.807, 2.05) is 24.3 Å². The van der Waals surface area contributed by atoms with Crippen molar-refractivity contribution in [2.75, 3.05) is 13.9 Å². The number of carbonyl (C=O) groups is 2. The molecule has 3 aromatic carbocycles. The van der Waals surface area contributed by atoms with Crippen molar-refractivity contribution < 1.29 is 28.5 Å². The van der Waals surface area contributed by atoms with Crippen molar-refractivity contribution in [1.29, 1.82) is 0 Å². The summed E-state index contributed by atoms with van der Waals surface area (Å²) in [6.45, 7) is 0.128. The summed E-state index contributed by atoms with van der Waals surface area (Å²) in [6, 6.07) is 17.2. The van der Waals surface area contributed by atoms with Crippen molar-refractivity contribution in [3.63, 3.8) is 0 Å². The maximum Gasteiger partial charge on any atom is 0.355 e. The molecular weight excluding hydrogens is 492 g/mol. The van der Waals surface area contributed by atoms with Crippen LogP contribution < -0.4 is 24.4 Å². The molecule has 1 aliphatic rings. The Hall–Kier alpha value is -4.08. The molecule has 10 heteroatoms. The van der Waals surface area contributed by atoms with E-state index in [0.29, 0.717) is 38.3 Å². The van der Waals surface area contributed by atoms with Crippen LogP contribution in [0.4, 0.5) is 0 Å². The number of halogens is 1. The van der Waals surface area contributed by atoms with E-state index in [4.69, 9.17) is 30.5 Å². The van der Waals surface area contributed by atoms with Crippen LogP contribution in [-0.4, -0.2) is 32.0 Å². The lowest BCUT2D eigenvalue weighted by atomic mass is 10.2. The van der Waals surface area contributed by atoms with Crippen LogP contribution in [0, 0.1) is 0 Å². The number of esters is 1. The lowest BCUT2D eigenvalue weighted by Crippen LogP contribution is -2.17. The van der Waals surface area contributed by atoms with E-state index in [1.54, 1.807) is 36.4 Å². The molecule has 1 aliphatic heterocycles. The number of nitrogens with one attached hydrogen (secondary N) is 1. The van der Waals surface area contributed by atoms with E-state index < -0.39 is 11.9 Å². The predicted molar refractivity (Wildman–Crippen MR) is 132 cm³/mol. The quantitative estimate of drug-likeness (QED) is 0.165. The van der Waals surface area contributed by atoms with Gasteiger partial charge < -0.3 is 18.9 Å². The molecule has 0 atom stereocenters. The van der Waals surface area contributed by atoms with Gasteiger partial charge in [-0.3, -0.25) is 4.79 Å². The molecule has 0 spiro atoms. The normalized spacial score (nSPS) is 12.2. The van der Waals surface area contributed by atoms with Crippen molar-refractivity contribution in [3.05, 3.63) is 81.7 Å². The number of fused-ring (bicyclic) bond motifs is 2. The molecule has 0 aliphatic carbocycles. The van der Waals surface area contributed by atoms with Gasteiger partial charge in [-0.05, 0) is 48.0 Å². The van der Waals surface area contributed by atoms with Crippen molar-refractivity contribution in [1.82, 2.24) is 5.43 Å². The molecule has 1 N–H and O–H groups in total. The highest BCUT2D eigenvalue weighted by Crippen LogP contribution is 2.37. The Morgan fingerprint density at radius 2 is 1.89 bits per heavy atom. The third kappa shape index (κ3) is 4.64. The van der Waals surface area contributed by atoms with Gasteiger partial charge in [0.2, 0.25) is 6.79 Å². The first-order chi connectivity index (χ1) is 17.0. The van der Waals surface area contributed by atoms with Crippen molar-refractivity contribution in [2.24, 2.45) is 5.10 Å². The number of hydrogen-bond donors (Lipinski definition) is 1. The average molecular weight is 509 g/mol. The second kappa shape index (κ2) is 9.65. The second-order valence-electron chi connectivity index (χ2n) is 7.31. The van der Waals surface area contributed by atoms with Gasteiger partial charge in [0.1, 0.15) is 4.88 Å². The first-order valence-corrected chi connectivity index (χ1v) is 11.5.